The second-order valence-corrected chi connectivity index (χ2v) is 3.84. The van der Waals surface area contributed by atoms with Crippen molar-refractivity contribution in [2.75, 3.05) is 5.32 Å². The van der Waals surface area contributed by atoms with Gasteiger partial charge in [0.25, 0.3) is 0 Å². The van der Waals surface area contributed by atoms with E-state index in [1.165, 1.54) is 0 Å². The lowest BCUT2D eigenvalue weighted by Crippen LogP contribution is -2.00. The van der Waals surface area contributed by atoms with E-state index in [1.807, 2.05) is 37.0 Å². The topological polar surface area (TPSA) is 43.0 Å². The Hall–Kier alpha value is -1.71. The summed E-state index contributed by atoms with van der Waals surface area (Å²) in [7, 11) is 1.93. The van der Waals surface area contributed by atoms with E-state index in [0.29, 0.717) is 6.54 Å². The molecule has 0 atom stereocenters. The highest BCUT2D eigenvalue weighted by Crippen LogP contribution is 2.15. The van der Waals surface area contributed by atoms with Gasteiger partial charge in [0.05, 0.1) is 24.1 Å². The van der Waals surface area contributed by atoms with Crippen LogP contribution in [-0.4, -0.2) is 9.78 Å². The Kier molecular flexibility index (Phi) is 2.99. The molecule has 0 saturated heterocycles. The molecule has 0 radical (unpaired) electrons. The molecule has 2 heterocycles. The van der Waals surface area contributed by atoms with E-state index in [4.69, 9.17) is 4.42 Å². The molecular weight excluding hydrogens is 202 g/mol. The normalized spacial score (nSPS) is 10.7. The molecule has 0 amide bonds. The number of hydrogen-bond acceptors (Lipinski definition) is 3. The Morgan fingerprint density at radius 1 is 1.38 bits per heavy atom. The number of furan rings is 1. The van der Waals surface area contributed by atoms with Crippen LogP contribution in [0, 0.1) is 6.92 Å². The van der Waals surface area contributed by atoms with E-state index in [-0.39, 0.29) is 0 Å². The largest absolute Gasteiger partial charge is 0.464 e. The molecule has 2 rings (SSSR count). The number of hydrogen-bond donors (Lipinski definition) is 1. The van der Waals surface area contributed by atoms with Crippen molar-refractivity contribution in [3.8, 4) is 0 Å². The third kappa shape index (κ3) is 2.10. The van der Waals surface area contributed by atoms with Crippen LogP contribution in [0.2, 0.25) is 0 Å². The third-order valence-electron chi connectivity index (χ3n) is 2.75. The van der Waals surface area contributed by atoms with E-state index in [9.17, 15) is 0 Å². The first-order chi connectivity index (χ1) is 7.70. The van der Waals surface area contributed by atoms with E-state index >= 15 is 0 Å². The summed E-state index contributed by atoms with van der Waals surface area (Å²) >= 11 is 0. The zero-order valence-corrected chi connectivity index (χ0v) is 9.95. The molecule has 0 spiro atoms. The van der Waals surface area contributed by atoms with Crippen molar-refractivity contribution < 1.29 is 4.42 Å². The fourth-order valence-electron chi connectivity index (χ4n) is 1.56. The molecule has 2 aromatic rings. The Labute approximate surface area is 95.3 Å². The zero-order valence-electron chi connectivity index (χ0n) is 9.95. The number of rotatable bonds is 4. The molecule has 2 aromatic heterocycles. The van der Waals surface area contributed by atoms with Gasteiger partial charge in [-0.25, -0.2) is 0 Å². The highest BCUT2D eigenvalue weighted by atomic mass is 16.3. The number of aryl methyl sites for hydroxylation is 2. The predicted octanol–water partition coefficient (Wildman–Crippen LogP) is 2.50. The fourth-order valence-corrected chi connectivity index (χ4v) is 1.56. The second-order valence-electron chi connectivity index (χ2n) is 3.84. The van der Waals surface area contributed by atoms with Crippen LogP contribution >= 0.6 is 0 Å². The van der Waals surface area contributed by atoms with Crippen LogP contribution in [0.25, 0.3) is 0 Å². The Balaban J connectivity index is 1.99. The van der Waals surface area contributed by atoms with Crippen LogP contribution in [0.1, 0.15) is 24.1 Å². The van der Waals surface area contributed by atoms with Crippen molar-refractivity contribution in [2.24, 2.45) is 7.05 Å². The number of nitrogens with zero attached hydrogens (tertiary/aromatic N) is 2. The summed E-state index contributed by atoms with van der Waals surface area (Å²) < 4.78 is 7.46. The summed E-state index contributed by atoms with van der Waals surface area (Å²) in [5, 5.41) is 7.48. The van der Waals surface area contributed by atoms with Gasteiger partial charge in [-0.3, -0.25) is 4.68 Å². The molecular formula is C12H17N3O. The van der Waals surface area contributed by atoms with E-state index in [1.54, 1.807) is 0 Å². The minimum atomic E-state index is 0.701. The van der Waals surface area contributed by atoms with E-state index < -0.39 is 0 Å². The molecule has 0 bridgehead atoms. The summed E-state index contributed by atoms with van der Waals surface area (Å²) in [5.74, 6) is 1.99. The van der Waals surface area contributed by atoms with Crippen molar-refractivity contribution >= 4 is 5.69 Å². The molecule has 0 aliphatic rings. The maximum absolute atomic E-state index is 5.61. The molecule has 16 heavy (non-hydrogen) atoms. The lowest BCUT2D eigenvalue weighted by Gasteiger charge is -2.03. The monoisotopic (exact) mass is 219 g/mol. The molecule has 86 valence electrons. The molecule has 0 unspecified atom stereocenters. The average Bonchev–Trinajstić information content (AvgIpc) is 2.86. The van der Waals surface area contributed by atoms with Gasteiger partial charge in [0.2, 0.25) is 0 Å². The summed E-state index contributed by atoms with van der Waals surface area (Å²) in [4.78, 5) is 0. The molecule has 1 N–H and O–H groups in total. The van der Waals surface area contributed by atoms with Crippen LogP contribution < -0.4 is 5.32 Å². The lowest BCUT2D eigenvalue weighted by molar-refractivity contribution is 0.476. The predicted molar refractivity (Wildman–Crippen MR) is 63.4 cm³/mol. The van der Waals surface area contributed by atoms with Gasteiger partial charge in [0.1, 0.15) is 11.5 Å². The number of nitrogens with one attached hydrogen (secondary N) is 1. The van der Waals surface area contributed by atoms with Gasteiger partial charge in [0, 0.05) is 13.5 Å². The zero-order chi connectivity index (χ0) is 11.5. The smallest absolute Gasteiger partial charge is 0.123 e. The van der Waals surface area contributed by atoms with Gasteiger partial charge in [0.15, 0.2) is 0 Å². The average molecular weight is 219 g/mol. The Bertz CT molecular complexity index is 470. The van der Waals surface area contributed by atoms with Gasteiger partial charge in [-0.15, -0.1) is 0 Å². The van der Waals surface area contributed by atoms with Crippen LogP contribution in [-0.2, 0) is 20.0 Å². The van der Waals surface area contributed by atoms with Crippen molar-refractivity contribution in [1.82, 2.24) is 9.78 Å². The maximum atomic E-state index is 5.61. The summed E-state index contributed by atoms with van der Waals surface area (Å²) in [6.45, 7) is 4.82. The van der Waals surface area contributed by atoms with E-state index in [2.05, 4.69) is 17.3 Å². The Morgan fingerprint density at radius 3 is 2.69 bits per heavy atom. The molecule has 4 heteroatoms. The van der Waals surface area contributed by atoms with Gasteiger partial charge in [-0.2, -0.15) is 5.10 Å². The summed E-state index contributed by atoms with van der Waals surface area (Å²) in [6, 6.07) is 4.03. The van der Waals surface area contributed by atoms with Crippen LogP contribution in [0.5, 0.6) is 0 Å². The fraction of sp³-hybridized carbons (Fsp3) is 0.417. The van der Waals surface area contributed by atoms with Gasteiger partial charge >= 0.3 is 0 Å². The van der Waals surface area contributed by atoms with Crippen molar-refractivity contribution in [1.29, 1.82) is 0 Å². The van der Waals surface area contributed by atoms with Crippen LogP contribution in [0.15, 0.2) is 22.7 Å². The highest BCUT2D eigenvalue weighted by molar-refractivity contribution is 5.45. The molecule has 0 aliphatic heterocycles. The molecule has 4 nitrogen and oxygen atoms in total. The molecule has 0 aliphatic carbocycles. The van der Waals surface area contributed by atoms with Gasteiger partial charge in [-0.1, -0.05) is 6.92 Å². The summed E-state index contributed by atoms with van der Waals surface area (Å²) in [6.07, 6.45) is 2.77. The molecule has 0 fully saturated rings. The van der Waals surface area contributed by atoms with Gasteiger partial charge < -0.3 is 9.73 Å². The Morgan fingerprint density at radius 2 is 2.12 bits per heavy atom. The number of anilines is 1. The minimum Gasteiger partial charge on any atom is -0.464 e. The van der Waals surface area contributed by atoms with Crippen molar-refractivity contribution in [3.63, 3.8) is 0 Å². The SMILES string of the molecule is CCc1ccc(CNc2cnn(C)c2C)o1. The lowest BCUT2D eigenvalue weighted by atomic mass is 10.3. The van der Waals surface area contributed by atoms with E-state index in [0.717, 1.165) is 29.3 Å². The maximum Gasteiger partial charge on any atom is 0.123 e. The first-order valence-corrected chi connectivity index (χ1v) is 5.50. The highest BCUT2D eigenvalue weighted by Gasteiger charge is 2.04. The van der Waals surface area contributed by atoms with Crippen LogP contribution in [0.4, 0.5) is 5.69 Å². The first-order valence-electron chi connectivity index (χ1n) is 5.50. The second kappa shape index (κ2) is 4.43. The minimum absolute atomic E-state index is 0.701. The molecule has 0 aromatic carbocycles. The quantitative estimate of drug-likeness (QED) is 0.859. The number of aromatic nitrogens is 2. The van der Waals surface area contributed by atoms with Crippen molar-refractivity contribution in [3.05, 3.63) is 35.5 Å². The summed E-state index contributed by atoms with van der Waals surface area (Å²) in [5.41, 5.74) is 2.18. The van der Waals surface area contributed by atoms with Crippen molar-refractivity contribution in [2.45, 2.75) is 26.8 Å². The van der Waals surface area contributed by atoms with Crippen LogP contribution in [0.3, 0.4) is 0 Å². The molecule has 0 saturated carbocycles. The third-order valence-corrected chi connectivity index (χ3v) is 2.75. The standard InChI is InChI=1S/C12H17N3O/c1-4-10-5-6-11(16-10)7-13-12-8-14-15(3)9(12)2/h5-6,8,13H,4,7H2,1-3H3. The van der Waals surface area contributed by atoms with Gasteiger partial charge in [-0.05, 0) is 19.1 Å². The first kappa shape index (κ1) is 10.8.